The Hall–Kier alpha value is -1.48. The van der Waals surface area contributed by atoms with Crippen molar-refractivity contribution >= 4 is 56.1 Å². The average molecular weight is 445 g/mol. The Morgan fingerprint density at radius 3 is 3.04 bits per heavy atom. The molecule has 0 aliphatic heterocycles. The number of amides is 1. The lowest BCUT2D eigenvalue weighted by atomic mass is 10.2. The van der Waals surface area contributed by atoms with Gasteiger partial charge in [0.05, 0.1) is 34.2 Å². The van der Waals surface area contributed by atoms with E-state index in [0.717, 1.165) is 9.48 Å². The zero-order valence-corrected chi connectivity index (χ0v) is 16.4. The smallest absolute Gasteiger partial charge is 0.283 e. The highest BCUT2D eigenvalue weighted by molar-refractivity contribution is 9.11. The summed E-state index contributed by atoms with van der Waals surface area (Å²) in [5, 5.41) is 2.42. The summed E-state index contributed by atoms with van der Waals surface area (Å²) in [5.41, 5.74) is 3.02. The van der Waals surface area contributed by atoms with Crippen LogP contribution in [0.15, 0.2) is 44.1 Å². The number of methoxy groups -OCH3 is 1. The van der Waals surface area contributed by atoms with E-state index in [-0.39, 0.29) is 0 Å². The average Bonchev–Trinajstić information content (AvgIpc) is 3.18. The molecule has 9 heteroatoms. The first-order valence-corrected chi connectivity index (χ1v) is 9.65. The quantitative estimate of drug-likeness (QED) is 0.605. The van der Waals surface area contributed by atoms with Gasteiger partial charge in [0.15, 0.2) is 4.80 Å². The Morgan fingerprint density at radius 2 is 2.33 bits per heavy atom. The molecule has 124 valence electrons. The summed E-state index contributed by atoms with van der Waals surface area (Å²) < 4.78 is 7.97. The van der Waals surface area contributed by atoms with Crippen LogP contribution in [0.5, 0.6) is 5.75 Å². The van der Waals surface area contributed by atoms with Crippen LogP contribution in [-0.4, -0.2) is 22.6 Å². The number of carbonyl (C=O) groups is 1. The lowest BCUT2D eigenvalue weighted by Crippen LogP contribution is -2.17. The molecule has 0 fully saturated rings. The van der Waals surface area contributed by atoms with Crippen LogP contribution in [0.4, 0.5) is 0 Å². The second-order valence-corrected chi connectivity index (χ2v) is 8.23. The first-order chi connectivity index (χ1) is 11.6. The number of carbonyl (C=O) groups excluding carboxylic acids is 1. The summed E-state index contributed by atoms with van der Waals surface area (Å²) in [5.74, 6) is 0.0329. The minimum Gasteiger partial charge on any atom is -0.496 e. The minimum atomic E-state index is -0.407. The van der Waals surface area contributed by atoms with E-state index >= 15 is 0 Å². The number of nitrogens with zero attached hydrogens (tertiary/aromatic N) is 3. The molecule has 5 nitrogen and oxygen atoms in total. The maximum atomic E-state index is 12.6. The molecular weight excluding hydrogens is 434 g/mol. The van der Waals surface area contributed by atoms with Gasteiger partial charge in [-0.3, -0.25) is 4.79 Å². The van der Waals surface area contributed by atoms with Crippen molar-refractivity contribution in [3.8, 4) is 5.75 Å². The van der Waals surface area contributed by atoms with Crippen molar-refractivity contribution in [1.82, 2.24) is 9.55 Å². The Labute approximate surface area is 159 Å². The molecule has 0 N–H and O–H groups in total. The molecule has 0 saturated carbocycles. The summed E-state index contributed by atoms with van der Waals surface area (Å²) in [6, 6.07) is 4.87. The SMILES string of the molecule is COc1ccc(Cl)cc1C(=O)N=c1sc(Br)cn1Cc1cscn1. The topological polar surface area (TPSA) is 56.5 Å². The third-order valence-electron chi connectivity index (χ3n) is 3.10. The number of hydrogen-bond acceptors (Lipinski definition) is 5. The summed E-state index contributed by atoms with van der Waals surface area (Å²) in [7, 11) is 1.50. The van der Waals surface area contributed by atoms with Gasteiger partial charge in [-0.2, -0.15) is 4.99 Å². The van der Waals surface area contributed by atoms with Crippen LogP contribution in [0.1, 0.15) is 16.1 Å². The molecule has 0 aliphatic carbocycles. The van der Waals surface area contributed by atoms with Crippen LogP contribution in [0.3, 0.4) is 0 Å². The number of rotatable bonds is 4. The number of benzene rings is 1. The molecule has 3 aromatic rings. The molecule has 1 aromatic carbocycles. The lowest BCUT2D eigenvalue weighted by Gasteiger charge is -2.05. The molecule has 0 atom stereocenters. The number of halogens is 2. The molecule has 0 aliphatic rings. The van der Waals surface area contributed by atoms with Crippen molar-refractivity contribution < 1.29 is 9.53 Å². The zero-order chi connectivity index (χ0) is 17.1. The highest BCUT2D eigenvalue weighted by Gasteiger charge is 2.13. The van der Waals surface area contributed by atoms with Crippen molar-refractivity contribution in [2.24, 2.45) is 4.99 Å². The molecule has 3 rings (SSSR count). The maximum absolute atomic E-state index is 12.6. The number of hydrogen-bond donors (Lipinski definition) is 0. The zero-order valence-electron chi connectivity index (χ0n) is 12.4. The molecular formula is C15H11BrClN3O2S2. The fourth-order valence-electron chi connectivity index (χ4n) is 2.03. The van der Waals surface area contributed by atoms with Gasteiger partial charge in [0.25, 0.3) is 5.91 Å². The van der Waals surface area contributed by atoms with E-state index in [2.05, 4.69) is 25.9 Å². The molecule has 2 heterocycles. The summed E-state index contributed by atoms with van der Waals surface area (Å²) in [6.07, 6.45) is 1.88. The number of aromatic nitrogens is 2. The lowest BCUT2D eigenvalue weighted by molar-refractivity contribution is 0.0995. The normalized spacial score (nSPS) is 11.7. The van der Waals surface area contributed by atoms with E-state index in [0.29, 0.717) is 27.7 Å². The number of thiazole rings is 2. The number of ether oxygens (including phenoxy) is 1. The monoisotopic (exact) mass is 443 g/mol. The van der Waals surface area contributed by atoms with E-state index in [9.17, 15) is 4.79 Å². The molecule has 0 unspecified atom stereocenters. The summed E-state index contributed by atoms with van der Waals surface area (Å²) in [4.78, 5) is 21.6. The van der Waals surface area contributed by atoms with Crippen LogP contribution in [0.25, 0.3) is 0 Å². The molecule has 2 aromatic heterocycles. The summed E-state index contributed by atoms with van der Waals surface area (Å²) >= 11 is 12.3. The van der Waals surface area contributed by atoms with E-state index < -0.39 is 5.91 Å². The Bertz CT molecular complexity index is 935. The van der Waals surface area contributed by atoms with Crippen molar-refractivity contribution in [2.45, 2.75) is 6.54 Å². The van der Waals surface area contributed by atoms with Crippen molar-refractivity contribution in [3.63, 3.8) is 0 Å². The first kappa shape index (κ1) is 17.3. The molecule has 0 bridgehead atoms. The molecule has 24 heavy (non-hydrogen) atoms. The minimum absolute atomic E-state index is 0.328. The summed E-state index contributed by atoms with van der Waals surface area (Å²) in [6.45, 7) is 0.546. The van der Waals surface area contributed by atoms with E-state index in [1.165, 1.54) is 29.8 Å². The van der Waals surface area contributed by atoms with E-state index in [4.69, 9.17) is 16.3 Å². The van der Waals surface area contributed by atoms with E-state index in [1.807, 2.05) is 16.1 Å². The van der Waals surface area contributed by atoms with Crippen LogP contribution in [-0.2, 0) is 6.54 Å². The van der Waals surface area contributed by atoms with Gasteiger partial charge in [-0.1, -0.05) is 22.9 Å². The van der Waals surface area contributed by atoms with Gasteiger partial charge in [0, 0.05) is 16.6 Å². The molecule has 1 amide bonds. The highest BCUT2D eigenvalue weighted by atomic mass is 79.9. The Kier molecular flexibility index (Phi) is 5.50. The highest BCUT2D eigenvalue weighted by Crippen LogP contribution is 2.23. The fourth-order valence-corrected chi connectivity index (χ4v) is 4.16. The predicted octanol–water partition coefficient (Wildman–Crippen LogP) is 4.22. The van der Waals surface area contributed by atoms with Gasteiger partial charge < -0.3 is 9.30 Å². The third kappa shape index (κ3) is 3.94. The largest absolute Gasteiger partial charge is 0.496 e. The van der Waals surface area contributed by atoms with Crippen LogP contribution in [0.2, 0.25) is 5.02 Å². The second kappa shape index (κ2) is 7.60. The van der Waals surface area contributed by atoms with Gasteiger partial charge in [0.2, 0.25) is 0 Å². The van der Waals surface area contributed by atoms with Gasteiger partial charge in [-0.25, -0.2) is 4.98 Å². The Balaban J connectivity index is 1.99. The fraction of sp³-hybridized carbons (Fsp3) is 0.133. The van der Waals surface area contributed by atoms with Gasteiger partial charge in [0.1, 0.15) is 5.75 Å². The van der Waals surface area contributed by atoms with Crippen molar-refractivity contribution in [2.75, 3.05) is 7.11 Å². The third-order valence-corrected chi connectivity index (χ3v) is 5.47. The first-order valence-electron chi connectivity index (χ1n) is 6.72. The molecule has 0 spiro atoms. The van der Waals surface area contributed by atoms with Gasteiger partial charge in [-0.05, 0) is 34.1 Å². The predicted molar refractivity (Wildman–Crippen MR) is 99.1 cm³/mol. The Morgan fingerprint density at radius 1 is 1.50 bits per heavy atom. The van der Waals surface area contributed by atoms with Gasteiger partial charge in [-0.15, -0.1) is 11.3 Å². The van der Waals surface area contributed by atoms with Crippen LogP contribution < -0.4 is 9.54 Å². The second-order valence-electron chi connectivity index (χ2n) is 4.69. The van der Waals surface area contributed by atoms with Gasteiger partial charge >= 0.3 is 0 Å². The molecule has 0 radical (unpaired) electrons. The van der Waals surface area contributed by atoms with Crippen molar-refractivity contribution in [3.05, 3.63) is 60.2 Å². The standard InChI is InChI=1S/C15H11BrClN3O2S2/c1-22-12-3-2-9(17)4-11(12)14(21)19-15-20(6-13(16)24-15)5-10-7-23-8-18-10/h2-4,6-8H,5H2,1H3. The van der Waals surface area contributed by atoms with Crippen molar-refractivity contribution in [1.29, 1.82) is 0 Å². The van der Waals surface area contributed by atoms with Crippen LogP contribution >= 0.6 is 50.2 Å². The van der Waals surface area contributed by atoms with E-state index in [1.54, 1.807) is 23.7 Å². The van der Waals surface area contributed by atoms with Crippen LogP contribution in [0, 0.1) is 0 Å². The maximum Gasteiger partial charge on any atom is 0.283 e. The molecule has 0 saturated heterocycles.